The molecule has 0 fully saturated rings. The molecule has 0 saturated heterocycles. The lowest BCUT2D eigenvalue weighted by Crippen LogP contribution is -2.51. The summed E-state index contributed by atoms with van der Waals surface area (Å²) in [6.07, 6.45) is 1.13. The number of carbonyl (C=O) groups excluding carboxylic acids is 1. The molecule has 1 atom stereocenters. The summed E-state index contributed by atoms with van der Waals surface area (Å²) in [4.78, 5) is 24.4. The van der Waals surface area contributed by atoms with E-state index in [1.807, 2.05) is 0 Å². The molecule has 0 spiro atoms. The zero-order chi connectivity index (χ0) is 19.4. The third kappa shape index (κ3) is 4.50. The molecule has 0 aliphatic rings. The number of carbonyl (C=O) groups is 2. The second-order valence-corrected chi connectivity index (χ2v) is 7.58. The van der Waals surface area contributed by atoms with Crippen molar-refractivity contribution in [2.45, 2.75) is 25.4 Å². The lowest BCUT2D eigenvalue weighted by molar-refractivity contribution is -0.145. The Hall–Kier alpha value is -2.65. The van der Waals surface area contributed by atoms with Crippen LogP contribution in [-0.2, 0) is 26.9 Å². The normalized spacial score (nSPS) is 13.8. The number of carboxylic acid groups (broad SMARTS) is 1. The van der Waals surface area contributed by atoms with Gasteiger partial charge >= 0.3 is 5.97 Å². The average molecular weight is 380 g/mol. The topological polar surface area (TPSA) is 126 Å². The molecule has 1 amide bonds. The third-order valence-electron chi connectivity index (χ3n) is 3.88. The molecule has 1 heterocycles. The number of rotatable bonds is 8. The van der Waals surface area contributed by atoms with Crippen LogP contribution in [-0.4, -0.2) is 31.7 Å². The van der Waals surface area contributed by atoms with Gasteiger partial charge in [-0.15, -0.1) is 0 Å². The van der Waals surface area contributed by atoms with Crippen LogP contribution in [0.5, 0.6) is 0 Å². The predicted octanol–water partition coefficient (Wildman–Crippen LogP) is 1.45. The molecule has 26 heavy (non-hydrogen) atoms. The minimum Gasteiger partial charge on any atom is -0.479 e. The predicted molar refractivity (Wildman–Crippen MR) is 93.9 cm³/mol. The summed E-state index contributed by atoms with van der Waals surface area (Å²) in [7, 11) is -3.40. The van der Waals surface area contributed by atoms with Gasteiger partial charge in [0.1, 0.15) is 5.76 Å². The van der Waals surface area contributed by atoms with Gasteiger partial charge in [-0.2, -0.15) is 0 Å². The van der Waals surface area contributed by atoms with Gasteiger partial charge in [-0.05, 0) is 24.1 Å². The highest BCUT2D eigenvalue weighted by molar-refractivity contribution is 7.88. The number of amides is 1. The summed E-state index contributed by atoms with van der Waals surface area (Å²) in [6, 6.07) is 11.2. The van der Waals surface area contributed by atoms with Crippen LogP contribution >= 0.6 is 0 Å². The molecule has 9 heteroatoms. The van der Waals surface area contributed by atoms with E-state index in [9.17, 15) is 23.1 Å². The molecule has 0 bridgehead atoms. The maximum Gasteiger partial charge on any atom is 0.334 e. The average Bonchev–Trinajstić information content (AvgIpc) is 3.07. The van der Waals surface area contributed by atoms with Gasteiger partial charge in [-0.1, -0.05) is 37.3 Å². The number of furan rings is 1. The SMILES string of the molecule is CCC(NC(=O)c1ccc(CNS(C)(=O)=O)o1)(C(=O)O)c1ccccc1. The summed E-state index contributed by atoms with van der Waals surface area (Å²) < 4.78 is 29.8. The minimum atomic E-state index is -3.40. The maximum atomic E-state index is 12.5. The zero-order valence-corrected chi connectivity index (χ0v) is 15.2. The molecule has 0 aliphatic heterocycles. The monoisotopic (exact) mass is 380 g/mol. The number of benzene rings is 1. The van der Waals surface area contributed by atoms with Gasteiger partial charge in [-0.25, -0.2) is 17.9 Å². The first-order valence-electron chi connectivity index (χ1n) is 7.82. The number of sulfonamides is 1. The molecule has 0 aliphatic carbocycles. The van der Waals surface area contributed by atoms with Crippen LogP contribution in [0, 0.1) is 0 Å². The molecule has 1 aromatic carbocycles. The summed E-state index contributed by atoms with van der Waals surface area (Å²) in [5, 5.41) is 12.3. The Labute approximate surface area is 151 Å². The highest BCUT2D eigenvalue weighted by Gasteiger charge is 2.40. The van der Waals surface area contributed by atoms with Gasteiger partial charge in [0, 0.05) is 0 Å². The summed E-state index contributed by atoms with van der Waals surface area (Å²) >= 11 is 0. The van der Waals surface area contributed by atoms with Crippen molar-refractivity contribution < 1.29 is 27.5 Å². The molecule has 8 nitrogen and oxygen atoms in total. The number of aliphatic carboxylic acids is 1. The highest BCUT2D eigenvalue weighted by Crippen LogP contribution is 2.26. The fourth-order valence-electron chi connectivity index (χ4n) is 2.47. The van der Waals surface area contributed by atoms with E-state index in [0.29, 0.717) is 5.56 Å². The van der Waals surface area contributed by atoms with Gasteiger partial charge in [-0.3, -0.25) is 4.79 Å². The Bertz CT molecular complexity index is 891. The highest BCUT2D eigenvalue weighted by atomic mass is 32.2. The Kier molecular flexibility index (Phi) is 5.83. The van der Waals surface area contributed by atoms with E-state index in [0.717, 1.165) is 6.26 Å². The summed E-state index contributed by atoms with van der Waals surface area (Å²) in [5.74, 6) is -1.77. The van der Waals surface area contributed by atoms with E-state index < -0.39 is 27.4 Å². The van der Waals surface area contributed by atoms with Crippen molar-refractivity contribution in [1.82, 2.24) is 10.0 Å². The van der Waals surface area contributed by atoms with E-state index >= 15 is 0 Å². The molecular formula is C17H20N2O6S. The summed E-state index contributed by atoms with van der Waals surface area (Å²) in [5.41, 5.74) is -1.16. The molecule has 0 saturated carbocycles. The van der Waals surface area contributed by atoms with Crippen LogP contribution in [0.25, 0.3) is 0 Å². The quantitative estimate of drug-likeness (QED) is 0.636. The van der Waals surface area contributed by atoms with Crippen LogP contribution in [0.15, 0.2) is 46.9 Å². The van der Waals surface area contributed by atoms with Crippen LogP contribution < -0.4 is 10.0 Å². The largest absolute Gasteiger partial charge is 0.479 e. The van der Waals surface area contributed by atoms with E-state index in [1.165, 1.54) is 12.1 Å². The molecule has 0 radical (unpaired) electrons. The van der Waals surface area contributed by atoms with Crippen LogP contribution in [0.1, 0.15) is 35.2 Å². The van der Waals surface area contributed by atoms with Gasteiger partial charge in [0.2, 0.25) is 10.0 Å². The minimum absolute atomic E-state index is 0.106. The molecule has 1 unspecified atom stereocenters. The van der Waals surface area contributed by atoms with Crippen molar-refractivity contribution >= 4 is 21.9 Å². The van der Waals surface area contributed by atoms with E-state index in [1.54, 1.807) is 37.3 Å². The van der Waals surface area contributed by atoms with Crippen LogP contribution in [0.3, 0.4) is 0 Å². The van der Waals surface area contributed by atoms with Crippen LogP contribution in [0.4, 0.5) is 0 Å². The first-order chi connectivity index (χ1) is 12.2. The van der Waals surface area contributed by atoms with Gasteiger partial charge in [0.05, 0.1) is 12.8 Å². The standard InChI is InChI=1S/C17H20N2O6S/c1-3-17(16(21)22,12-7-5-4-6-8-12)19-15(20)14-10-9-13(25-14)11-18-26(2,23)24/h4-10,18H,3,11H2,1-2H3,(H,19,20)(H,21,22). The van der Waals surface area contributed by atoms with Gasteiger partial charge < -0.3 is 14.8 Å². The van der Waals surface area contributed by atoms with Crippen molar-refractivity contribution in [2.24, 2.45) is 0 Å². The Balaban J connectivity index is 2.23. The van der Waals surface area contributed by atoms with Crippen molar-refractivity contribution in [3.63, 3.8) is 0 Å². The number of carboxylic acids is 1. The Morgan fingerprint density at radius 3 is 2.35 bits per heavy atom. The van der Waals surface area contributed by atoms with Crippen molar-refractivity contribution in [1.29, 1.82) is 0 Å². The van der Waals surface area contributed by atoms with E-state index in [-0.39, 0.29) is 24.5 Å². The second kappa shape index (κ2) is 7.71. The van der Waals surface area contributed by atoms with E-state index in [4.69, 9.17) is 4.42 Å². The number of hydrogen-bond acceptors (Lipinski definition) is 5. The lowest BCUT2D eigenvalue weighted by Gasteiger charge is -2.29. The smallest absolute Gasteiger partial charge is 0.334 e. The fourth-order valence-corrected chi connectivity index (χ4v) is 2.87. The third-order valence-corrected chi connectivity index (χ3v) is 4.55. The Morgan fingerprint density at radius 1 is 1.15 bits per heavy atom. The second-order valence-electron chi connectivity index (χ2n) is 5.74. The molecule has 3 N–H and O–H groups in total. The summed E-state index contributed by atoms with van der Waals surface area (Å²) in [6.45, 7) is 1.55. The van der Waals surface area contributed by atoms with Gasteiger partial charge in [0.25, 0.3) is 5.91 Å². The molecule has 2 aromatic rings. The van der Waals surface area contributed by atoms with Crippen molar-refractivity contribution in [3.8, 4) is 0 Å². The first kappa shape index (κ1) is 19.7. The van der Waals surface area contributed by atoms with Crippen LogP contribution in [0.2, 0.25) is 0 Å². The van der Waals surface area contributed by atoms with Gasteiger partial charge in [0.15, 0.2) is 11.3 Å². The zero-order valence-electron chi connectivity index (χ0n) is 14.4. The number of nitrogens with one attached hydrogen (secondary N) is 2. The van der Waals surface area contributed by atoms with Crippen molar-refractivity contribution in [3.05, 3.63) is 59.5 Å². The molecule has 140 valence electrons. The fraction of sp³-hybridized carbons (Fsp3) is 0.294. The molecule has 1 aromatic heterocycles. The maximum absolute atomic E-state index is 12.5. The molecular weight excluding hydrogens is 360 g/mol. The lowest BCUT2D eigenvalue weighted by atomic mass is 9.87. The number of hydrogen-bond donors (Lipinski definition) is 3. The Morgan fingerprint density at radius 2 is 1.81 bits per heavy atom. The van der Waals surface area contributed by atoms with Crippen molar-refractivity contribution in [2.75, 3.05) is 6.26 Å². The first-order valence-corrected chi connectivity index (χ1v) is 9.72. The van der Waals surface area contributed by atoms with E-state index in [2.05, 4.69) is 10.0 Å². The molecule has 2 rings (SSSR count).